The Labute approximate surface area is 257 Å². The first-order chi connectivity index (χ1) is 19.9. The molecule has 0 radical (unpaired) electrons. The number of thiophene rings is 1. The van der Waals surface area contributed by atoms with Crippen molar-refractivity contribution < 1.29 is 0 Å². The minimum absolute atomic E-state index is 0.236. The summed E-state index contributed by atoms with van der Waals surface area (Å²) in [6, 6.07) is 13.9. The average Bonchev–Trinajstić information content (AvgIpc) is 3.64. The van der Waals surface area contributed by atoms with Gasteiger partial charge in [-0.1, -0.05) is 40.9 Å². The topological polar surface area (TPSA) is 100 Å². The van der Waals surface area contributed by atoms with Crippen LogP contribution < -0.4 is 26.9 Å². The molecule has 2 aromatic heterocycles. The molecular formula is C29H27Cl3N8S. The normalized spacial score (nSPS) is 16.3. The molecule has 4 heterocycles. The predicted octanol–water partition coefficient (Wildman–Crippen LogP) is 7.25. The summed E-state index contributed by atoms with van der Waals surface area (Å²) >= 11 is 21.1. The van der Waals surface area contributed by atoms with Gasteiger partial charge in [0.1, 0.15) is 12.1 Å². The molecule has 12 heteroatoms. The molecule has 41 heavy (non-hydrogen) atoms. The molecule has 0 bridgehead atoms. The van der Waals surface area contributed by atoms with Gasteiger partial charge in [0, 0.05) is 50.5 Å². The molecule has 1 fully saturated rings. The van der Waals surface area contributed by atoms with Crippen molar-refractivity contribution in [2.45, 2.75) is 31.8 Å². The Morgan fingerprint density at radius 3 is 2.63 bits per heavy atom. The molecule has 2 aliphatic heterocycles. The Morgan fingerprint density at radius 2 is 1.90 bits per heavy atom. The minimum Gasteiger partial charge on any atom is -0.372 e. The van der Waals surface area contributed by atoms with E-state index in [1.807, 2.05) is 48.7 Å². The zero-order chi connectivity index (χ0) is 28.5. The van der Waals surface area contributed by atoms with Gasteiger partial charge in [-0.25, -0.2) is 0 Å². The number of halogens is 3. The summed E-state index contributed by atoms with van der Waals surface area (Å²) in [5.41, 5.74) is 11.7. The molecule has 6 rings (SSSR count). The molecule has 2 aliphatic rings. The summed E-state index contributed by atoms with van der Waals surface area (Å²) in [6.07, 6.45) is 5.76. The zero-order valence-electron chi connectivity index (χ0n) is 22.1. The van der Waals surface area contributed by atoms with E-state index in [4.69, 9.17) is 34.8 Å². The number of hydrogen-bond acceptors (Lipinski definition) is 9. The second-order valence-electron chi connectivity index (χ2n) is 10.1. The number of nitrogens with one attached hydrogen (secondary N) is 5. The molecular weight excluding hydrogens is 599 g/mol. The first kappa shape index (κ1) is 27.9. The third kappa shape index (κ3) is 5.90. The number of hydrazine groups is 2. The number of piperidine rings is 1. The highest BCUT2D eigenvalue weighted by atomic mass is 35.5. The lowest BCUT2D eigenvalue weighted by molar-refractivity contribution is 0.162. The summed E-state index contributed by atoms with van der Waals surface area (Å²) in [4.78, 5) is 5.53. The lowest BCUT2D eigenvalue weighted by atomic mass is 10.1. The number of anilines is 3. The lowest BCUT2D eigenvalue weighted by Crippen LogP contribution is -2.47. The quantitative estimate of drug-likeness (QED) is 0.146. The molecule has 0 unspecified atom stereocenters. The monoisotopic (exact) mass is 624 g/mol. The Balaban J connectivity index is 1.38. The van der Waals surface area contributed by atoms with Crippen molar-refractivity contribution in [1.29, 1.82) is 5.26 Å². The molecule has 210 valence electrons. The van der Waals surface area contributed by atoms with E-state index in [0.29, 0.717) is 43.3 Å². The molecule has 0 aliphatic carbocycles. The van der Waals surface area contributed by atoms with Gasteiger partial charge in [0.2, 0.25) is 0 Å². The number of nitrogens with zero attached hydrogens (tertiary/aromatic N) is 3. The van der Waals surface area contributed by atoms with Crippen molar-refractivity contribution >= 4 is 74.1 Å². The number of hydrogen-bond donors (Lipinski definition) is 5. The fraction of sp³-hybridized carbons (Fsp3) is 0.241. The van der Waals surface area contributed by atoms with Gasteiger partial charge in [0.15, 0.2) is 0 Å². The van der Waals surface area contributed by atoms with Gasteiger partial charge in [0.25, 0.3) is 0 Å². The Kier molecular flexibility index (Phi) is 8.13. The number of fused-ring (bicyclic) bond motifs is 1. The number of rotatable bonds is 7. The van der Waals surface area contributed by atoms with Gasteiger partial charge in [-0.3, -0.25) is 9.99 Å². The van der Waals surface area contributed by atoms with Gasteiger partial charge in [-0.2, -0.15) is 5.26 Å². The average molecular weight is 626 g/mol. The van der Waals surface area contributed by atoms with Crippen molar-refractivity contribution in [3.8, 4) is 6.07 Å². The summed E-state index contributed by atoms with van der Waals surface area (Å²) in [5, 5.41) is 26.9. The third-order valence-electron chi connectivity index (χ3n) is 7.29. The summed E-state index contributed by atoms with van der Waals surface area (Å²) in [6.45, 7) is 3.93. The second-order valence-corrected chi connectivity index (χ2v) is 12.2. The summed E-state index contributed by atoms with van der Waals surface area (Å²) in [7, 11) is 0. The van der Waals surface area contributed by atoms with Crippen LogP contribution in [0.1, 0.15) is 34.9 Å². The number of aryl methyl sites for hydroxylation is 1. The molecule has 0 amide bonds. The van der Waals surface area contributed by atoms with Crippen molar-refractivity contribution in [2.75, 3.05) is 23.7 Å². The van der Waals surface area contributed by atoms with Crippen LogP contribution >= 0.6 is 46.1 Å². The fourth-order valence-corrected chi connectivity index (χ4v) is 6.70. The zero-order valence-corrected chi connectivity index (χ0v) is 25.1. The molecule has 1 atom stereocenters. The first-order valence-corrected chi connectivity index (χ1v) is 15.2. The van der Waals surface area contributed by atoms with Crippen molar-refractivity contribution in [1.82, 2.24) is 26.3 Å². The number of aromatic nitrogens is 1. The highest BCUT2D eigenvalue weighted by Gasteiger charge is 2.28. The number of pyridine rings is 1. The SMILES string of the molecule is Cc1ccc(Nc2c(C#N)cnc3c(Cl)cc(N[C@H](C4=CN(C5CCNCC5)NN4)c4cc(Cl)cs4)cc23)cc1Cl. The van der Waals surface area contributed by atoms with Crippen LogP contribution in [-0.2, 0) is 0 Å². The van der Waals surface area contributed by atoms with E-state index < -0.39 is 0 Å². The van der Waals surface area contributed by atoms with Crippen molar-refractivity contribution in [3.63, 3.8) is 0 Å². The van der Waals surface area contributed by atoms with Crippen LogP contribution in [0.5, 0.6) is 0 Å². The summed E-state index contributed by atoms with van der Waals surface area (Å²) in [5.74, 6) is 0. The van der Waals surface area contributed by atoms with Crippen LogP contribution in [0.2, 0.25) is 15.1 Å². The van der Waals surface area contributed by atoms with Gasteiger partial charge in [-0.05, 0) is 68.8 Å². The van der Waals surface area contributed by atoms with Gasteiger partial charge in [0.05, 0.1) is 32.5 Å². The van der Waals surface area contributed by atoms with E-state index in [0.717, 1.165) is 53.4 Å². The number of benzene rings is 2. The van der Waals surface area contributed by atoms with Crippen LogP contribution in [0.4, 0.5) is 17.1 Å². The van der Waals surface area contributed by atoms with E-state index >= 15 is 0 Å². The molecule has 5 N–H and O–H groups in total. The lowest BCUT2D eigenvalue weighted by Gasteiger charge is -2.30. The Morgan fingerprint density at radius 1 is 1.10 bits per heavy atom. The minimum atomic E-state index is -0.236. The smallest absolute Gasteiger partial charge is 0.104 e. The van der Waals surface area contributed by atoms with Crippen LogP contribution in [0, 0.1) is 18.3 Å². The highest BCUT2D eigenvalue weighted by Crippen LogP contribution is 2.38. The Hall–Kier alpha value is -3.23. The standard InChI is InChI=1S/C29H27Cl3N8S/c1-16-2-3-19(10-23(16)31)36-27-17(12-33)13-35-28-22(27)9-20(11-24(28)32)37-29(26-8-18(30)15-41-26)25-14-40(39-38-25)21-4-6-34-7-5-21/h2-3,8-11,13-15,21,29,34,37-39H,4-7H2,1H3,(H,35,36)/t29-/m1/s1. The first-order valence-electron chi connectivity index (χ1n) is 13.2. The number of nitriles is 1. The van der Waals surface area contributed by atoms with E-state index in [1.54, 1.807) is 11.3 Å². The predicted molar refractivity (Wildman–Crippen MR) is 169 cm³/mol. The van der Waals surface area contributed by atoms with Crippen LogP contribution in [0.25, 0.3) is 10.9 Å². The van der Waals surface area contributed by atoms with Crippen LogP contribution in [-0.4, -0.2) is 29.1 Å². The third-order valence-corrected chi connectivity index (χ3v) is 9.33. The van der Waals surface area contributed by atoms with Crippen molar-refractivity contribution in [2.24, 2.45) is 0 Å². The van der Waals surface area contributed by atoms with E-state index in [-0.39, 0.29) is 6.04 Å². The van der Waals surface area contributed by atoms with E-state index in [2.05, 4.69) is 49.2 Å². The second kappa shape index (κ2) is 11.9. The molecule has 4 aromatic rings. The molecule has 8 nitrogen and oxygen atoms in total. The molecule has 0 spiro atoms. The maximum absolute atomic E-state index is 9.92. The van der Waals surface area contributed by atoms with Crippen LogP contribution in [0.3, 0.4) is 0 Å². The van der Waals surface area contributed by atoms with Gasteiger partial charge >= 0.3 is 0 Å². The Bertz CT molecular complexity index is 1670. The summed E-state index contributed by atoms with van der Waals surface area (Å²) < 4.78 is 0. The maximum atomic E-state index is 9.92. The van der Waals surface area contributed by atoms with E-state index in [1.165, 1.54) is 6.20 Å². The molecule has 2 aromatic carbocycles. The molecule has 1 saturated heterocycles. The van der Waals surface area contributed by atoms with Gasteiger partial charge < -0.3 is 21.4 Å². The van der Waals surface area contributed by atoms with Crippen molar-refractivity contribution in [3.05, 3.63) is 90.9 Å². The van der Waals surface area contributed by atoms with Gasteiger partial charge in [-0.15, -0.1) is 16.9 Å². The maximum Gasteiger partial charge on any atom is 0.104 e. The largest absolute Gasteiger partial charge is 0.372 e. The van der Waals surface area contributed by atoms with E-state index in [9.17, 15) is 5.26 Å². The highest BCUT2D eigenvalue weighted by molar-refractivity contribution is 7.10. The fourth-order valence-electron chi connectivity index (χ4n) is 5.10. The van der Waals surface area contributed by atoms with Crippen LogP contribution in [0.15, 0.2) is 59.9 Å². The molecule has 0 saturated carbocycles.